The van der Waals surface area contributed by atoms with E-state index in [0.29, 0.717) is 12.8 Å². The molecule has 2 unspecified atom stereocenters. The molecule has 0 aliphatic rings. The van der Waals surface area contributed by atoms with Crippen molar-refractivity contribution in [2.45, 2.75) is 77.8 Å². The van der Waals surface area contributed by atoms with E-state index in [1.54, 1.807) is 0 Å². The Morgan fingerprint density at radius 1 is 0.848 bits per heavy atom. The first-order valence-electron chi connectivity index (χ1n) is 11.2. The van der Waals surface area contributed by atoms with E-state index in [1.165, 1.54) is 18.2 Å². The second kappa shape index (κ2) is 15.5. The summed E-state index contributed by atoms with van der Waals surface area (Å²) < 4.78 is 22.4. The maximum Gasteiger partial charge on any atom is 0.335 e. The van der Waals surface area contributed by atoms with Crippen molar-refractivity contribution in [3.63, 3.8) is 0 Å². The molecule has 0 spiro atoms. The SMILES string of the molecule is C=CC(=O)OC(CCCCC)Oc1ccc(C(=O)O)cc1OC(CCCCC)OC(=O)C=C. The normalized spacial score (nSPS) is 12.2. The number of hydrogen-bond donors (Lipinski definition) is 1. The van der Waals surface area contributed by atoms with Gasteiger partial charge in [-0.05, 0) is 31.0 Å². The molecule has 0 aromatic heterocycles. The lowest BCUT2D eigenvalue weighted by Crippen LogP contribution is -2.26. The van der Waals surface area contributed by atoms with Gasteiger partial charge in [-0.25, -0.2) is 14.4 Å². The molecule has 1 N–H and O–H groups in total. The van der Waals surface area contributed by atoms with Gasteiger partial charge in [0.2, 0.25) is 12.6 Å². The van der Waals surface area contributed by atoms with Gasteiger partial charge in [0.15, 0.2) is 11.5 Å². The molecule has 33 heavy (non-hydrogen) atoms. The number of carboxylic acid groups (broad SMARTS) is 1. The van der Waals surface area contributed by atoms with Crippen LogP contribution in [0.2, 0.25) is 0 Å². The highest BCUT2D eigenvalue weighted by atomic mass is 16.7. The van der Waals surface area contributed by atoms with Crippen molar-refractivity contribution < 1.29 is 38.4 Å². The Morgan fingerprint density at radius 3 is 1.76 bits per heavy atom. The number of carbonyl (C=O) groups excluding carboxylic acids is 2. The van der Waals surface area contributed by atoms with Gasteiger partial charge in [0.1, 0.15) is 0 Å². The predicted molar refractivity (Wildman–Crippen MR) is 123 cm³/mol. The monoisotopic (exact) mass is 462 g/mol. The van der Waals surface area contributed by atoms with Crippen molar-refractivity contribution in [3.05, 3.63) is 49.1 Å². The van der Waals surface area contributed by atoms with Crippen LogP contribution in [0.4, 0.5) is 0 Å². The summed E-state index contributed by atoms with van der Waals surface area (Å²) in [6, 6.07) is 4.06. The maximum absolute atomic E-state index is 11.8. The predicted octanol–water partition coefficient (Wildman–Crippen LogP) is 5.41. The van der Waals surface area contributed by atoms with E-state index < -0.39 is 30.5 Å². The van der Waals surface area contributed by atoms with Gasteiger partial charge in [0, 0.05) is 25.0 Å². The van der Waals surface area contributed by atoms with E-state index in [2.05, 4.69) is 13.2 Å². The Bertz CT molecular complexity index is 802. The number of aromatic carboxylic acids is 1. The fourth-order valence-electron chi connectivity index (χ4n) is 2.87. The molecule has 1 aromatic rings. The third kappa shape index (κ3) is 10.7. The Balaban J connectivity index is 3.19. The Kier molecular flexibility index (Phi) is 13.0. The van der Waals surface area contributed by atoms with Crippen LogP contribution in [-0.2, 0) is 19.1 Å². The quantitative estimate of drug-likeness (QED) is 0.142. The van der Waals surface area contributed by atoms with E-state index in [9.17, 15) is 19.5 Å². The van der Waals surface area contributed by atoms with Crippen LogP contribution in [0.1, 0.15) is 75.6 Å². The summed E-state index contributed by atoms with van der Waals surface area (Å²) in [6.07, 6.45) is 6.25. The van der Waals surface area contributed by atoms with E-state index in [1.807, 2.05) is 13.8 Å². The number of esters is 2. The number of benzene rings is 1. The zero-order valence-corrected chi connectivity index (χ0v) is 19.4. The lowest BCUT2D eigenvalue weighted by Gasteiger charge is -2.23. The number of rotatable bonds is 17. The van der Waals surface area contributed by atoms with Crippen LogP contribution in [0.25, 0.3) is 0 Å². The molecule has 8 heteroatoms. The number of ether oxygens (including phenoxy) is 4. The molecular weight excluding hydrogens is 428 g/mol. The third-order valence-electron chi connectivity index (χ3n) is 4.62. The minimum absolute atomic E-state index is 0.0367. The topological polar surface area (TPSA) is 108 Å². The summed E-state index contributed by atoms with van der Waals surface area (Å²) in [5.74, 6) is -2.24. The highest BCUT2D eigenvalue weighted by Gasteiger charge is 2.22. The summed E-state index contributed by atoms with van der Waals surface area (Å²) in [5.41, 5.74) is -0.0367. The van der Waals surface area contributed by atoms with Crippen LogP contribution < -0.4 is 9.47 Å². The number of unbranched alkanes of at least 4 members (excludes halogenated alkanes) is 4. The van der Waals surface area contributed by atoms with Gasteiger partial charge in [-0.1, -0.05) is 52.7 Å². The van der Waals surface area contributed by atoms with E-state index >= 15 is 0 Å². The third-order valence-corrected chi connectivity index (χ3v) is 4.62. The van der Waals surface area contributed by atoms with Crippen molar-refractivity contribution in [3.8, 4) is 11.5 Å². The minimum atomic E-state index is -1.16. The molecule has 182 valence electrons. The lowest BCUT2D eigenvalue weighted by atomic mass is 10.2. The first-order chi connectivity index (χ1) is 15.8. The van der Waals surface area contributed by atoms with Gasteiger partial charge in [-0.2, -0.15) is 0 Å². The molecule has 0 aliphatic heterocycles. The van der Waals surface area contributed by atoms with E-state index in [4.69, 9.17) is 18.9 Å². The van der Waals surface area contributed by atoms with Crippen LogP contribution in [0.3, 0.4) is 0 Å². The maximum atomic E-state index is 11.8. The standard InChI is InChI=1S/C25H34O8/c1-5-9-11-13-23(32-21(26)7-3)30-19-16-15-18(25(28)29)17-20(19)31-24(14-12-10-6-2)33-22(27)8-4/h7-8,15-17,23-24H,3-6,9-14H2,1-2H3,(H,28,29). The first kappa shape index (κ1) is 27.7. The zero-order chi connectivity index (χ0) is 24.6. The molecule has 0 bridgehead atoms. The van der Waals surface area contributed by atoms with Crippen molar-refractivity contribution in [1.29, 1.82) is 0 Å². The average Bonchev–Trinajstić information content (AvgIpc) is 2.79. The largest absolute Gasteiger partial charge is 0.478 e. The molecule has 0 fully saturated rings. The molecule has 0 amide bonds. The second-order valence-corrected chi connectivity index (χ2v) is 7.34. The summed E-state index contributed by atoms with van der Waals surface area (Å²) in [7, 11) is 0. The van der Waals surface area contributed by atoms with Crippen LogP contribution in [-0.4, -0.2) is 35.6 Å². The Labute approximate surface area is 195 Å². The molecule has 1 aromatic carbocycles. The smallest absolute Gasteiger partial charge is 0.335 e. The minimum Gasteiger partial charge on any atom is -0.478 e. The molecule has 8 nitrogen and oxygen atoms in total. The van der Waals surface area contributed by atoms with Crippen molar-refractivity contribution in [2.24, 2.45) is 0 Å². The molecule has 0 radical (unpaired) electrons. The zero-order valence-electron chi connectivity index (χ0n) is 19.4. The summed E-state index contributed by atoms with van der Waals surface area (Å²) >= 11 is 0. The van der Waals surface area contributed by atoms with Crippen molar-refractivity contribution >= 4 is 17.9 Å². The summed E-state index contributed by atoms with van der Waals surface area (Å²) in [5, 5.41) is 9.39. The van der Waals surface area contributed by atoms with Crippen LogP contribution in [0, 0.1) is 0 Å². The fourth-order valence-corrected chi connectivity index (χ4v) is 2.87. The van der Waals surface area contributed by atoms with Gasteiger partial charge in [0.05, 0.1) is 5.56 Å². The van der Waals surface area contributed by atoms with E-state index in [0.717, 1.165) is 50.7 Å². The van der Waals surface area contributed by atoms with Gasteiger partial charge in [-0.3, -0.25) is 0 Å². The lowest BCUT2D eigenvalue weighted by molar-refractivity contribution is -0.162. The van der Waals surface area contributed by atoms with Crippen LogP contribution in [0.5, 0.6) is 11.5 Å². The van der Waals surface area contributed by atoms with Crippen molar-refractivity contribution in [2.75, 3.05) is 0 Å². The Morgan fingerprint density at radius 2 is 1.33 bits per heavy atom. The van der Waals surface area contributed by atoms with Gasteiger partial charge in [-0.15, -0.1) is 0 Å². The van der Waals surface area contributed by atoms with Crippen LogP contribution in [0.15, 0.2) is 43.5 Å². The molecule has 0 saturated heterocycles. The average molecular weight is 463 g/mol. The number of carboxylic acids is 1. The molecule has 1 rings (SSSR count). The first-order valence-corrected chi connectivity index (χ1v) is 11.2. The van der Waals surface area contributed by atoms with Crippen molar-refractivity contribution in [1.82, 2.24) is 0 Å². The highest BCUT2D eigenvalue weighted by Crippen LogP contribution is 2.32. The molecule has 2 atom stereocenters. The summed E-state index contributed by atoms with van der Waals surface area (Å²) in [6.45, 7) is 10.9. The molecule has 0 aliphatic carbocycles. The van der Waals surface area contributed by atoms with Gasteiger partial charge in [0.25, 0.3) is 0 Å². The Hall–Kier alpha value is -3.29. The molecule has 0 heterocycles. The molecule has 0 saturated carbocycles. The van der Waals surface area contributed by atoms with E-state index in [-0.39, 0.29) is 17.1 Å². The number of carbonyl (C=O) groups is 3. The highest BCUT2D eigenvalue weighted by molar-refractivity contribution is 5.88. The summed E-state index contributed by atoms with van der Waals surface area (Å²) in [4.78, 5) is 35.0. The van der Waals surface area contributed by atoms with Gasteiger partial charge >= 0.3 is 17.9 Å². The van der Waals surface area contributed by atoms with Gasteiger partial charge < -0.3 is 24.1 Å². The second-order valence-electron chi connectivity index (χ2n) is 7.34. The fraction of sp³-hybridized carbons (Fsp3) is 0.480. The molecular formula is C25H34O8. The van der Waals surface area contributed by atoms with Crippen LogP contribution >= 0.6 is 0 Å². The number of hydrogen-bond acceptors (Lipinski definition) is 7.